The highest BCUT2D eigenvalue weighted by atomic mass is 32.2. The predicted molar refractivity (Wildman–Crippen MR) is 125 cm³/mol. The number of piperidine rings is 1. The molecule has 0 bridgehead atoms. The van der Waals surface area contributed by atoms with Crippen molar-refractivity contribution in [1.29, 1.82) is 0 Å². The highest BCUT2D eigenvalue weighted by molar-refractivity contribution is 8.00. The number of thioether (sulfide) groups is 1. The number of fused-ring (bicyclic) bond motifs is 3. The van der Waals surface area contributed by atoms with E-state index >= 15 is 0 Å². The smallest absolute Gasteiger partial charge is 0.146 e. The molecule has 3 heterocycles. The first-order valence-electron chi connectivity index (χ1n) is 11.0. The first-order valence-corrected chi connectivity index (χ1v) is 11.9. The molecule has 0 spiro atoms. The molecule has 4 rings (SSSR count). The van der Waals surface area contributed by atoms with Crippen molar-refractivity contribution >= 4 is 17.6 Å². The standard InChI is InChI=1S/C23H33N5OS/c1-15(2)25-22(24)20-14-28-11-12-29-21-6-5-18(13-19(21)23(28)26-20)30-17-7-9-27(10-8-17)16(3)4/h5-6,13-17H,7-12H2,1-4H3,(H2,24,25). The minimum Gasteiger partial charge on any atom is -0.491 e. The molecule has 2 aromatic rings. The number of likely N-dealkylation sites (tertiary alicyclic amines) is 1. The minimum absolute atomic E-state index is 0.146. The van der Waals surface area contributed by atoms with Gasteiger partial charge < -0.3 is 19.9 Å². The number of ether oxygens (including phenoxy) is 1. The van der Waals surface area contributed by atoms with Crippen molar-refractivity contribution in [2.75, 3.05) is 19.7 Å². The first kappa shape index (κ1) is 21.2. The Hall–Kier alpha value is -1.99. The number of aliphatic imine (C=N–C) groups is 1. The van der Waals surface area contributed by atoms with Crippen LogP contribution in [0.2, 0.25) is 0 Å². The summed E-state index contributed by atoms with van der Waals surface area (Å²) in [6.07, 6.45) is 4.46. The van der Waals surface area contributed by atoms with Crippen molar-refractivity contribution in [1.82, 2.24) is 14.5 Å². The molecule has 0 atom stereocenters. The maximum Gasteiger partial charge on any atom is 0.146 e. The van der Waals surface area contributed by atoms with Crippen molar-refractivity contribution in [2.24, 2.45) is 10.7 Å². The van der Waals surface area contributed by atoms with Crippen LogP contribution in [0.15, 0.2) is 34.3 Å². The zero-order chi connectivity index (χ0) is 21.3. The number of nitrogens with zero attached hydrogens (tertiary/aromatic N) is 4. The molecule has 6 nitrogen and oxygen atoms in total. The molecule has 1 saturated heterocycles. The Bertz CT molecular complexity index is 912. The van der Waals surface area contributed by atoms with Crippen LogP contribution in [0.3, 0.4) is 0 Å². The van der Waals surface area contributed by atoms with Gasteiger partial charge in [-0.25, -0.2) is 4.98 Å². The summed E-state index contributed by atoms with van der Waals surface area (Å²) in [6, 6.07) is 7.30. The van der Waals surface area contributed by atoms with E-state index in [-0.39, 0.29) is 6.04 Å². The second kappa shape index (κ2) is 9.02. The third kappa shape index (κ3) is 4.67. The van der Waals surface area contributed by atoms with Crippen LogP contribution in [0, 0.1) is 0 Å². The zero-order valence-electron chi connectivity index (χ0n) is 18.5. The molecule has 0 radical (unpaired) electrons. The van der Waals surface area contributed by atoms with Gasteiger partial charge in [0.15, 0.2) is 0 Å². The fourth-order valence-electron chi connectivity index (χ4n) is 4.11. The Labute approximate surface area is 183 Å². The number of amidine groups is 1. The molecule has 0 unspecified atom stereocenters. The van der Waals surface area contributed by atoms with E-state index in [1.54, 1.807) is 0 Å². The van der Waals surface area contributed by atoms with E-state index in [1.807, 2.05) is 31.8 Å². The summed E-state index contributed by atoms with van der Waals surface area (Å²) in [4.78, 5) is 13.1. The van der Waals surface area contributed by atoms with Gasteiger partial charge in [-0.05, 0) is 71.8 Å². The number of aromatic nitrogens is 2. The van der Waals surface area contributed by atoms with Gasteiger partial charge in [-0.3, -0.25) is 4.99 Å². The summed E-state index contributed by atoms with van der Waals surface area (Å²) >= 11 is 1.99. The number of hydrogen-bond acceptors (Lipinski definition) is 5. The first-order chi connectivity index (χ1) is 14.4. The van der Waals surface area contributed by atoms with E-state index < -0.39 is 0 Å². The van der Waals surface area contributed by atoms with Gasteiger partial charge in [0.1, 0.15) is 29.7 Å². The van der Waals surface area contributed by atoms with Crippen LogP contribution < -0.4 is 10.5 Å². The van der Waals surface area contributed by atoms with Gasteiger partial charge in [-0.1, -0.05) is 0 Å². The second-order valence-corrected chi connectivity index (χ2v) is 10.1. The van der Waals surface area contributed by atoms with E-state index in [0.29, 0.717) is 23.7 Å². The van der Waals surface area contributed by atoms with Gasteiger partial charge in [0, 0.05) is 28.4 Å². The van der Waals surface area contributed by atoms with Crippen LogP contribution in [-0.2, 0) is 6.54 Å². The lowest BCUT2D eigenvalue weighted by atomic mass is 10.1. The summed E-state index contributed by atoms with van der Waals surface area (Å²) < 4.78 is 8.14. The summed E-state index contributed by atoms with van der Waals surface area (Å²) in [5.41, 5.74) is 7.97. The Kier molecular flexibility index (Phi) is 6.39. The van der Waals surface area contributed by atoms with Gasteiger partial charge in [0.2, 0.25) is 0 Å². The number of rotatable bonds is 5. The molecule has 0 aliphatic carbocycles. The van der Waals surface area contributed by atoms with E-state index in [2.05, 4.69) is 46.5 Å². The molecular weight excluding hydrogens is 394 g/mol. The van der Waals surface area contributed by atoms with Gasteiger partial charge in [-0.2, -0.15) is 0 Å². The molecule has 2 aliphatic heterocycles. The van der Waals surface area contributed by atoms with Crippen molar-refractivity contribution in [3.8, 4) is 17.1 Å². The highest BCUT2D eigenvalue weighted by Gasteiger charge is 2.24. The van der Waals surface area contributed by atoms with Crippen molar-refractivity contribution in [3.05, 3.63) is 30.1 Å². The fourth-order valence-corrected chi connectivity index (χ4v) is 5.27. The largest absolute Gasteiger partial charge is 0.491 e. The number of imidazole rings is 1. The number of hydrogen-bond donors (Lipinski definition) is 1. The highest BCUT2D eigenvalue weighted by Crippen LogP contribution is 2.38. The second-order valence-electron chi connectivity index (χ2n) is 8.70. The normalized spacial score (nSPS) is 18.3. The Balaban J connectivity index is 1.57. The maximum absolute atomic E-state index is 6.19. The Morgan fingerprint density at radius 3 is 2.67 bits per heavy atom. The molecule has 162 valence electrons. The van der Waals surface area contributed by atoms with Crippen LogP contribution >= 0.6 is 11.8 Å². The zero-order valence-corrected chi connectivity index (χ0v) is 19.3. The lowest BCUT2D eigenvalue weighted by Gasteiger charge is -2.34. The molecule has 2 aliphatic rings. The molecule has 1 aromatic heterocycles. The van der Waals surface area contributed by atoms with Crippen molar-refractivity contribution in [3.63, 3.8) is 0 Å². The summed E-state index contributed by atoms with van der Waals surface area (Å²) in [6.45, 7) is 12.4. The maximum atomic E-state index is 6.19. The van der Waals surface area contributed by atoms with Gasteiger partial charge in [0.25, 0.3) is 0 Å². The third-order valence-electron chi connectivity index (χ3n) is 5.73. The summed E-state index contributed by atoms with van der Waals surface area (Å²) in [5, 5.41) is 0.661. The predicted octanol–water partition coefficient (Wildman–Crippen LogP) is 4.02. The van der Waals surface area contributed by atoms with E-state index in [4.69, 9.17) is 15.5 Å². The topological polar surface area (TPSA) is 68.7 Å². The van der Waals surface area contributed by atoms with Crippen molar-refractivity contribution in [2.45, 2.75) is 69.3 Å². The van der Waals surface area contributed by atoms with Crippen LogP contribution in [0.4, 0.5) is 0 Å². The van der Waals surface area contributed by atoms with Crippen LogP contribution in [-0.4, -0.2) is 57.3 Å². The fraction of sp³-hybridized carbons (Fsp3) is 0.565. The molecule has 1 aromatic carbocycles. The molecule has 0 saturated carbocycles. The van der Waals surface area contributed by atoms with E-state index in [9.17, 15) is 0 Å². The van der Waals surface area contributed by atoms with Crippen molar-refractivity contribution < 1.29 is 4.74 Å². The lowest BCUT2D eigenvalue weighted by molar-refractivity contribution is 0.188. The van der Waals surface area contributed by atoms with Crippen LogP contribution in [0.25, 0.3) is 11.4 Å². The lowest BCUT2D eigenvalue weighted by Crippen LogP contribution is -2.39. The summed E-state index contributed by atoms with van der Waals surface area (Å²) in [5.74, 6) is 2.30. The average Bonchev–Trinajstić information content (AvgIpc) is 3.06. The van der Waals surface area contributed by atoms with Gasteiger partial charge in [0.05, 0.1) is 12.1 Å². The number of benzene rings is 1. The van der Waals surface area contributed by atoms with Crippen LogP contribution in [0.1, 0.15) is 46.2 Å². The Morgan fingerprint density at radius 1 is 1.20 bits per heavy atom. The minimum atomic E-state index is 0.146. The molecule has 0 amide bonds. The molecule has 2 N–H and O–H groups in total. The molecule has 30 heavy (non-hydrogen) atoms. The van der Waals surface area contributed by atoms with Crippen LogP contribution in [0.5, 0.6) is 5.75 Å². The molecule has 7 heteroatoms. The average molecular weight is 428 g/mol. The van der Waals surface area contributed by atoms with E-state index in [0.717, 1.165) is 29.4 Å². The Morgan fingerprint density at radius 2 is 1.97 bits per heavy atom. The molecular formula is C23H33N5OS. The SMILES string of the molecule is CC(C)N=C(N)c1cn2c(n1)-c1cc(SC3CCN(C(C)C)CC3)ccc1OCC2. The summed E-state index contributed by atoms with van der Waals surface area (Å²) in [7, 11) is 0. The molecule has 1 fully saturated rings. The third-order valence-corrected chi connectivity index (χ3v) is 7.06. The number of nitrogens with two attached hydrogens (primary N) is 1. The monoisotopic (exact) mass is 427 g/mol. The quantitative estimate of drug-likeness (QED) is 0.576. The van der Waals surface area contributed by atoms with Gasteiger partial charge >= 0.3 is 0 Å². The van der Waals surface area contributed by atoms with E-state index in [1.165, 1.54) is 30.8 Å². The van der Waals surface area contributed by atoms with Gasteiger partial charge in [-0.15, -0.1) is 11.8 Å².